The molecule has 0 aliphatic rings. The second-order valence-corrected chi connectivity index (χ2v) is 14.3. The minimum Gasteiger partial charge on any atom is -0.543 e. The fourth-order valence-electron chi connectivity index (χ4n) is 2.25. The zero-order chi connectivity index (χ0) is 21.8. The molecule has 6 nitrogen and oxygen atoms in total. The molecule has 0 aliphatic carbocycles. The van der Waals surface area contributed by atoms with Crippen LogP contribution in [-0.4, -0.2) is 54.8 Å². The van der Waals surface area contributed by atoms with Gasteiger partial charge in [-0.15, -0.1) is 0 Å². The summed E-state index contributed by atoms with van der Waals surface area (Å²) in [6.45, 7) is 16.1. The van der Waals surface area contributed by atoms with E-state index in [0.29, 0.717) is 11.3 Å². The molecule has 0 bridgehead atoms. The van der Waals surface area contributed by atoms with Crippen LogP contribution in [0.15, 0.2) is 24.3 Å². The number of hydrogen-bond acceptors (Lipinski definition) is 5. The van der Waals surface area contributed by atoms with Crippen LogP contribution in [0.3, 0.4) is 0 Å². The van der Waals surface area contributed by atoms with Crippen molar-refractivity contribution in [3.05, 3.63) is 29.8 Å². The van der Waals surface area contributed by atoms with E-state index in [9.17, 15) is 15.0 Å². The first-order chi connectivity index (χ1) is 12.7. The molecule has 160 valence electrons. The van der Waals surface area contributed by atoms with Crippen molar-refractivity contribution >= 4 is 14.4 Å². The molecule has 0 saturated carbocycles. The highest BCUT2D eigenvalue weighted by Crippen LogP contribution is 2.37. The van der Waals surface area contributed by atoms with Gasteiger partial charge >= 0.3 is 6.09 Å². The Bertz CT molecular complexity index is 649. The monoisotopic (exact) mass is 411 g/mol. The number of carbonyl (C=O) groups excluding carboxylic acids is 1. The molecular formula is C21H37NO5Si. The summed E-state index contributed by atoms with van der Waals surface area (Å²) in [7, 11) is -1.99. The number of benzene rings is 1. The third kappa shape index (κ3) is 7.45. The summed E-state index contributed by atoms with van der Waals surface area (Å²) in [5, 5.41) is 20.0. The Kier molecular flexibility index (Phi) is 8.11. The van der Waals surface area contributed by atoms with E-state index in [1.807, 2.05) is 18.2 Å². The maximum absolute atomic E-state index is 12.3. The van der Waals surface area contributed by atoms with Crippen molar-refractivity contribution in [2.75, 3.05) is 19.7 Å². The van der Waals surface area contributed by atoms with Crippen molar-refractivity contribution in [2.45, 2.75) is 71.4 Å². The molecule has 0 spiro atoms. The molecule has 1 atom stereocenters. The number of amides is 1. The second kappa shape index (κ2) is 9.28. The predicted molar refractivity (Wildman–Crippen MR) is 114 cm³/mol. The molecule has 7 heteroatoms. The Balaban J connectivity index is 2.93. The lowest BCUT2D eigenvalue weighted by Gasteiger charge is -2.36. The van der Waals surface area contributed by atoms with E-state index in [0.717, 1.165) is 0 Å². The third-order valence-electron chi connectivity index (χ3n) is 4.84. The molecular weight excluding hydrogens is 374 g/mol. The summed E-state index contributed by atoms with van der Waals surface area (Å²) in [4.78, 5) is 13.7. The van der Waals surface area contributed by atoms with Gasteiger partial charge in [0.25, 0.3) is 0 Å². The highest BCUT2D eigenvalue weighted by molar-refractivity contribution is 6.74. The SMILES string of the molecule is CC(C)(C)OC(=O)N(CCO)CC(O)c1cccc(O[Si](C)(C)C(C)(C)C)c1. The number of nitrogens with zero attached hydrogens (tertiary/aromatic N) is 1. The standard InChI is InChI=1S/C21H37NO5Si/c1-20(2,3)26-19(25)22(12-13-23)15-18(24)16-10-9-11-17(14-16)27-28(7,8)21(4,5)6/h9-11,14,18,23-24H,12-13,15H2,1-8H3. The molecule has 0 heterocycles. The average molecular weight is 412 g/mol. The van der Waals surface area contributed by atoms with Crippen LogP contribution in [0.2, 0.25) is 18.1 Å². The summed E-state index contributed by atoms with van der Waals surface area (Å²) in [5.74, 6) is 0.717. The smallest absolute Gasteiger partial charge is 0.410 e. The molecule has 0 aromatic heterocycles. The van der Waals surface area contributed by atoms with Gasteiger partial charge in [-0.3, -0.25) is 0 Å². The van der Waals surface area contributed by atoms with Crippen LogP contribution in [0, 0.1) is 0 Å². The van der Waals surface area contributed by atoms with Crippen LogP contribution in [0.25, 0.3) is 0 Å². The first-order valence-electron chi connectivity index (χ1n) is 9.72. The van der Waals surface area contributed by atoms with E-state index in [-0.39, 0.29) is 24.7 Å². The first-order valence-corrected chi connectivity index (χ1v) is 12.6. The van der Waals surface area contributed by atoms with E-state index in [1.54, 1.807) is 26.8 Å². The molecule has 0 saturated heterocycles. The van der Waals surface area contributed by atoms with Gasteiger partial charge in [0, 0.05) is 6.54 Å². The average Bonchev–Trinajstić information content (AvgIpc) is 2.51. The summed E-state index contributed by atoms with van der Waals surface area (Å²) < 4.78 is 11.7. The van der Waals surface area contributed by atoms with E-state index < -0.39 is 26.1 Å². The molecule has 0 radical (unpaired) electrons. The Morgan fingerprint density at radius 2 is 1.79 bits per heavy atom. The van der Waals surface area contributed by atoms with Crippen molar-refractivity contribution in [1.29, 1.82) is 0 Å². The highest BCUT2D eigenvalue weighted by Gasteiger charge is 2.39. The van der Waals surface area contributed by atoms with Crippen LogP contribution in [0.1, 0.15) is 53.2 Å². The van der Waals surface area contributed by atoms with Gasteiger partial charge in [-0.25, -0.2) is 4.79 Å². The minimum atomic E-state index is -1.99. The molecule has 1 unspecified atom stereocenters. The summed E-state index contributed by atoms with van der Waals surface area (Å²) in [6.07, 6.45) is -1.48. The van der Waals surface area contributed by atoms with Gasteiger partial charge in [-0.2, -0.15) is 0 Å². The summed E-state index contributed by atoms with van der Waals surface area (Å²) in [6, 6.07) is 7.34. The number of aliphatic hydroxyl groups excluding tert-OH is 2. The van der Waals surface area contributed by atoms with Gasteiger partial charge < -0.3 is 24.3 Å². The van der Waals surface area contributed by atoms with Gasteiger partial charge in [-0.05, 0) is 56.6 Å². The van der Waals surface area contributed by atoms with Crippen LogP contribution in [0.5, 0.6) is 5.75 Å². The largest absolute Gasteiger partial charge is 0.543 e. The first kappa shape index (κ1) is 24.5. The fraction of sp³-hybridized carbons (Fsp3) is 0.667. The zero-order valence-electron chi connectivity index (χ0n) is 18.6. The van der Waals surface area contributed by atoms with E-state index >= 15 is 0 Å². The van der Waals surface area contributed by atoms with E-state index in [1.165, 1.54) is 4.90 Å². The van der Waals surface area contributed by atoms with E-state index in [2.05, 4.69) is 33.9 Å². The third-order valence-corrected chi connectivity index (χ3v) is 9.20. The van der Waals surface area contributed by atoms with Gasteiger partial charge in [0.15, 0.2) is 0 Å². The zero-order valence-corrected chi connectivity index (χ0v) is 19.6. The lowest BCUT2D eigenvalue weighted by molar-refractivity contribution is 0.0109. The van der Waals surface area contributed by atoms with Crippen LogP contribution >= 0.6 is 0 Å². The molecule has 28 heavy (non-hydrogen) atoms. The van der Waals surface area contributed by atoms with Crippen molar-refractivity contribution in [3.8, 4) is 5.75 Å². The van der Waals surface area contributed by atoms with Gasteiger partial charge in [0.1, 0.15) is 11.4 Å². The normalized spacial score (nSPS) is 13.8. The second-order valence-electron chi connectivity index (χ2n) is 9.60. The fourth-order valence-corrected chi connectivity index (χ4v) is 3.27. The maximum Gasteiger partial charge on any atom is 0.410 e. The topological polar surface area (TPSA) is 79.2 Å². The number of rotatable bonds is 7. The molecule has 1 amide bonds. The number of aliphatic hydroxyl groups is 2. The van der Waals surface area contributed by atoms with Crippen molar-refractivity contribution < 1.29 is 24.2 Å². The Morgan fingerprint density at radius 1 is 1.18 bits per heavy atom. The summed E-state index contributed by atoms with van der Waals surface area (Å²) >= 11 is 0. The lowest BCUT2D eigenvalue weighted by Crippen LogP contribution is -2.43. The quantitative estimate of drug-likeness (QED) is 0.653. The summed E-state index contributed by atoms with van der Waals surface area (Å²) in [5.41, 5.74) is 0.00912. The lowest BCUT2D eigenvalue weighted by atomic mass is 10.1. The van der Waals surface area contributed by atoms with Crippen LogP contribution < -0.4 is 4.43 Å². The van der Waals surface area contributed by atoms with Crippen LogP contribution in [0.4, 0.5) is 4.79 Å². The van der Waals surface area contributed by atoms with E-state index in [4.69, 9.17) is 9.16 Å². The number of carbonyl (C=O) groups is 1. The van der Waals surface area contributed by atoms with Crippen molar-refractivity contribution in [1.82, 2.24) is 4.90 Å². The number of hydrogen-bond donors (Lipinski definition) is 2. The van der Waals surface area contributed by atoms with Gasteiger partial charge in [0.05, 0.1) is 19.3 Å². The Morgan fingerprint density at radius 3 is 2.29 bits per heavy atom. The predicted octanol–water partition coefficient (Wildman–Crippen LogP) is 4.33. The molecule has 2 N–H and O–H groups in total. The molecule has 1 aromatic rings. The van der Waals surface area contributed by atoms with Gasteiger partial charge in [-0.1, -0.05) is 32.9 Å². The maximum atomic E-state index is 12.3. The van der Waals surface area contributed by atoms with Crippen molar-refractivity contribution in [2.24, 2.45) is 0 Å². The van der Waals surface area contributed by atoms with Crippen molar-refractivity contribution in [3.63, 3.8) is 0 Å². The Hall–Kier alpha value is -1.57. The molecule has 1 aromatic carbocycles. The number of ether oxygens (including phenoxy) is 1. The minimum absolute atomic E-state index is 0.0268. The highest BCUT2D eigenvalue weighted by atomic mass is 28.4. The Labute approximate surface area is 170 Å². The van der Waals surface area contributed by atoms with Gasteiger partial charge in [0.2, 0.25) is 8.32 Å². The molecule has 0 aliphatic heterocycles. The molecule has 1 rings (SSSR count). The van der Waals surface area contributed by atoms with Crippen LogP contribution in [-0.2, 0) is 4.74 Å². The molecule has 0 fully saturated rings.